The van der Waals surface area contributed by atoms with Gasteiger partial charge in [0.15, 0.2) is 25.3 Å². The zero-order valence-electron chi connectivity index (χ0n) is 69.0. The van der Waals surface area contributed by atoms with Gasteiger partial charge in [0.1, 0.15) is 72.4 Å². The Morgan fingerprint density at radius 3 is 1.38 bits per heavy atom. The number of carbonyl (C=O) groups is 5. The van der Waals surface area contributed by atoms with Gasteiger partial charge >= 0.3 is 29.4 Å². The van der Waals surface area contributed by atoms with Gasteiger partial charge in [-0.15, -0.1) is 77.5 Å². The number of aliphatic hydroxyl groups is 6. The van der Waals surface area contributed by atoms with Crippen LogP contribution in [0.1, 0.15) is 61.8 Å². The second-order valence-electron chi connectivity index (χ2n) is 32.9. The molecule has 0 unspecified atom stereocenters. The first kappa shape index (κ1) is 98.8. The molecule has 652 valence electrons. The number of ketones is 1. The van der Waals surface area contributed by atoms with Crippen molar-refractivity contribution >= 4 is 107 Å². The molecule has 0 aromatic carbocycles. The van der Waals surface area contributed by atoms with Gasteiger partial charge in [0, 0.05) is 101 Å². The number of aromatic nitrogens is 4. The van der Waals surface area contributed by atoms with Crippen molar-refractivity contribution < 1.29 is 97.2 Å². The van der Waals surface area contributed by atoms with Crippen LogP contribution >= 0.6 is 46.0 Å². The van der Waals surface area contributed by atoms with E-state index in [1.54, 1.807) is 31.5 Å². The number of hydrogen-bond acceptors (Lipinski definition) is 25. The average Bonchev–Trinajstić information content (AvgIpc) is 1.64. The number of methoxy groups -OCH3 is 3. The third-order valence-electron chi connectivity index (χ3n) is 19.8. The van der Waals surface area contributed by atoms with Crippen LogP contribution < -0.4 is 49.1 Å². The Kier molecular flexibility index (Phi) is 35.8. The highest BCUT2D eigenvalue weighted by atomic mass is 35.5. The molecule has 10 heterocycles. The summed E-state index contributed by atoms with van der Waals surface area (Å²) in [5.74, 6) is -1.33. The standard InChI is InChI=1S/C17H25N2O8P.C15H25N2O5P.2C15H25N2O4P.C14H22ClN2O3P/c1-9(20)26-8-11(21)10-7-19(17(25)18-15(10)24)16-14(23)13(22)12(27-16)5-6-28(2,3)4;1-16-11(18)6-8-17(15(16)20)14-13(21-2)12(19)10(22-14)7-9-23(3,4)5;1-10-16-12(18)6-8-17(10)15-14(20-2)13(19)11(21-15)7-9-22(3,4)5;1-9-10(8-16-15(19)17-9)13-14(20-2)12(18)11(21-13)6-7-22(3,4)5;1-8-9(7-16-14(19)17-8)13-11(15)12(18)10(20-13)5-6-21(2,3)4/h7,12-14,16,22-23H,2,5-6,8H2,1,3-4H3,(H,18,24,25);6,8,10,12-14,19H,3,7,9H2,1-2,4-5H3;6,8,11,13-15,19H,1,3,7,9H2,2,4-5H3,(H,16,18);8,11-14,18H,1,3,6-7H2,2,4-5H3,(H2,16,17,19);7,10-13,18H,1-2,5-6H2,3-4H3,(H2,16,17,19)/t12-,13-,14-,16-;10-,12-,13-,14-;11-,13-,14-,15-;11-,12-,13+,14-;10-,11-,12-,13+/m11111/s1. The second-order valence-corrected chi connectivity index (χ2v) is 55.0. The number of H-pyrrole nitrogens is 1. The van der Waals surface area contributed by atoms with Crippen molar-refractivity contribution in [3.63, 3.8) is 0 Å². The van der Waals surface area contributed by atoms with Gasteiger partial charge < -0.3 is 105 Å². The zero-order valence-corrected chi connectivity index (χ0v) is 74.2. The third-order valence-corrected chi connectivity index (χ3v) is 27.6. The summed E-state index contributed by atoms with van der Waals surface area (Å²) in [5, 5.41) is 74.6. The predicted molar refractivity (Wildman–Crippen MR) is 463 cm³/mol. The number of nitrogens with zero attached hydrogens (tertiary/aromatic N) is 4. The SMILES string of the molecule is C=C1NC(=O)C=CN1[C@@H]1O[C@H](CCP(=C)(C)C)[C@@H](O)[C@H]1OC.C=C1NC(=O)NC=C1[C@@H]1O[C@H](CCP(=C)(C)C)[C@@H](O)[C@H]1Cl.C=C1NC(=O)NC=C1[C@@H]1O[C@H](CCP(=C)(C)C)[C@@H](O)[C@H]1OC.C=P(C)(C)CC[C@H]1O[C@@H](n2cc(C(=O)COC(C)=O)c(=O)[nH]c2=O)[C@H](O)[C@@H]1O.C=P(C)(C)CC[C@H]1O[C@@H](n2ccc(=O)n(C)c2=O)[C@H](OC)[C@@H]1O. The Balaban J connectivity index is 0.000000226. The van der Waals surface area contributed by atoms with Gasteiger partial charge in [0.2, 0.25) is 5.78 Å². The summed E-state index contributed by atoms with van der Waals surface area (Å²) in [5.41, 5.74) is -0.902. The number of ether oxygens (including phenoxy) is 9. The number of amides is 5. The van der Waals surface area contributed by atoms with Gasteiger partial charge in [-0.05, 0) is 130 Å². The smallest absolute Gasteiger partial charge is 0.332 e. The van der Waals surface area contributed by atoms with Crippen LogP contribution in [0, 0.1) is 0 Å². The fraction of sp³-hybridized carbons (Fsp3) is 0.605. The van der Waals surface area contributed by atoms with Gasteiger partial charge in [-0.3, -0.25) is 42.7 Å². The molecule has 2 aromatic rings. The quantitative estimate of drug-likeness (QED) is 0.0277. The van der Waals surface area contributed by atoms with Crippen molar-refractivity contribution in [1.82, 2.24) is 50.2 Å². The molecule has 5 saturated heterocycles. The summed E-state index contributed by atoms with van der Waals surface area (Å²) in [4.78, 5) is 108. The van der Waals surface area contributed by atoms with E-state index in [9.17, 15) is 73.8 Å². The Labute approximate surface area is 682 Å². The highest BCUT2D eigenvalue weighted by Crippen LogP contribution is 2.45. The highest BCUT2D eigenvalue weighted by molar-refractivity contribution is 7.73. The normalized spacial score (nSPS) is 30.0. The summed E-state index contributed by atoms with van der Waals surface area (Å²) in [6.07, 6.45) is 23.9. The van der Waals surface area contributed by atoms with E-state index in [0.717, 1.165) is 66.2 Å². The fourth-order valence-electron chi connectivity index (χ4n) is 13.2. The van der Waals surface area contributed by atoms with E-state index >= 15 is 0 Å². The van der Waals surface area contributed by atoms with Crippen molar-refractivity contribution in [3.8, 4) is 0 Å². The molecule has 34 nitrogen and oxygen atoms in total. The van der Waals surface area contributed by atoms with E-state index in [0.29, 0.717) is 47.4 Å². The molecular weight excluding hydrogens is 1630 g/mol. The number of halogens is 1. The summed E-state index contributed by atoms with van der Waals surface area (Å²) >= 11 is 6.30. The van der Waals surface area contributed by atoms with E-state index in [1.165, 1.54) is 43.3 Å². The molecule has 116 heavy (non-hydrogen) atoms. The average molecular weight is 1750 g/mol. The second kappa shape index (κ2) is 42.0. The molecule has 8 aliphatic rings. The number of Topliss-reactive ketones (excluding diaryl/α,β-unsaturated/α-hetero) is 1. The van der Waals surface area contributed by atoms with Crippen LogP contribution in [0.3, 0.4) is 0 Å². The predicted octanol–water partition coefficient (Wildman–Crippen LogP) is 1.99. The van der Waals surface area contributed by atoms with E-state index in [2.05, 4.69) is 136 Å². The number of hydrogen-bond donors (Lipinski definition) is 12. The third kappa shape index (κ3) is 27.8. The Bertz CT molecular complexity index is 4510. The van der Waals surface area contributed by atoms with Crippen molar-refractivity contribution in [2.45, 2.75) is 161 Å². The molecule has 12 N–H and O–H groups in total. The summed E-state index contributed by atoms with van der Waals surface area (Å²) < 4.78 is 53.4. The van der Waals surface area contributed by atoms with Crippen LogP contribution in [-0.4, -0.2) is 350 Å². The molecule has 20 atom stereocenters. The van der Waals surface area contributed by atoms with Crippen LogP contribution in [0.25, 0.3) is 0 Å². The van der Waals surface area contributed by atoms with Crippen molar-refractivity contribution in [1.29, 1.82) is 0 Å². The number of aromatic amines is 1. The maximum atomic E-state index is 12.3. The monoisotopic (exact) mass is 1750 g/mol. The number of urea groups is 2. The molecule has 5 fully saturated rings. The van der Waals surface area contributed by atoms with Crippen LogP contribution in [0.15, 0.2) is 110 Å². The first-order chi connectivity index (χ1) is 53.7. The Morgan fingerprint density at radius 2 is 0.940 bits per heavy atom. The maximum Gasteiger partial charge on any atom is 0.332 e. The van der Waals surface area contributed by atoms with Gasteiger partial charge in [0.05, 0.1) is 42.0 Å². The molecule has 5 amide bonds. The van der Waals surface area contributed by atoms with E-state index in [1.807, 2.05) is 18.3 Å². The minimum Gasteiger partial charge on any atom is -0.457 e. The van der Waals surface area contributed by atoms with E-state index < -0.39 is 179 Å². The van der Waals surface area contributed by atoms with E-state index in [4.69, 9.17) is 49.5 Å². The van der Waals surface area contributed by atoms with Crippen molar-refractivity contribution in [2.75, 3.05) is 125 Å². The number of carbonyl (C=O) groups excluding carboxylic acids is 5. The largest absolute Gasteiger partial charge is 0.457 e. The number of nitrogens with one attached hydrogen (secondary N) is 6. The topological polar surface area (TPSA) is 452 Å². The highest BCUT2D eigenvalue weighted by Gasteiger charge is 2.51. The lowest BCUT2D eigenvalue weighted by Crippen LogP contribution is -2.47. The van der Waals surface area contributed by atoms with Crippen LogP contribution in [0.2, 0.25) is 0 Å². The first-order valence-electron chi connectivity index (χ1n) is 37.4. The lowest BCUT2D eigenvalue weighted by molar-refractivity contribution is -0.139. The number of rotatable bonds is 26. The molecule has 2 aromatic heterocycles. The molecule has 8 aliphatic heterocycles. The molecule has 0 radical (unpaired) electrons. The van der Waals surface area contributed by atoms with Crippen LogP contribution in [-0.2, 0) is 59.3 Å². The molecule has 40 heteroatoms. The fourth-order valence-corrected chi connectivity index (χ4v) is 18.4. The summed E-state index contributed by atoms with van der Waals surface area (Å²) in [7, 11) is 5.96. The van der Waals surface area contributed by atoms with Crippen molar-refractivity contribution in [3.05, 3.63) is 138 Å². The minimum absolute atomic E-state index is 0.228. The van der Waals surface area contributed by atoms with E-state index in [-0.39, 0.29) is 41.8 Å². The van der Waals surface area contributed by atoms with Gasteiger partial charge in [-0.2, -0.15) is 0 Å². The van der Waals surface area contributed by atoms with Crippen LogP contribution in [0.5, 0.6) is 0 Å². The van der Waals surface area contributed by atoms with Gasteiger partial charge in [0.25, 0.3) is 17.0 Å². The number of alkyl halides is 1. The summed E-state index contributed by atoms with van der Waals surface area (Å²) in [6, 6.07) is 0.622. The zero-order chi connectivity index (χ0) is 87.4. The van der Waals surface area contributed by atoms with Gasteiger partial charge in [-0.25, -0.2) is 19.2 Å². The lowest BCUT2D eigenvalue weighted by Gasteiger charge is -2.33. The molecule has 0 bridgehead atoms. The molecule has 0 aliphatic carbocycles. The molecule has 0 saturated carbocycles. The first-order valence-corrected chi connectivity index (χ1v) is 53.1. The molecule has 0 spiro atoms. The summed E-state index contributed by atoms with van der Waals surface area (Å²) in [6.45, 7) is 27.0. The minimum atomic E-state index is -1.43. The molecule has 10 rings (SSSR count). The maximum absolute atomic E-state index is 12.3. The van der Waals surface area contributed by atoms with Gasteiger partial charge in [-0.1, -0.05) is 19.7 Å². The molecular formula is C76H122ClN10O24P5. The lowest BCUT2D eigenvalue weighted by atomic mass is 9.99. The Morgan fingerprint density at radius 1 is 0.534 bits per heavy atom. The van der Waals surface area contributed by atoms with Crippen molar-refractivity contribution in [2.24, 2.45) is 7.05 Å². The number of aliphatic hydroxyl groups excluding tert-OH is 6. The van der Waals surface area contributed by atoms with Crippen LogP contribution in [0.4, 0.5) is 9.59 Å². The number of esters is 1. The Hall–Kier alpha value is -6.02.